The Labute approximate surface area is 102 Å². The molecule has 0 aliphatic carbocycles. The minimum Gasteiger partial charge on any atom is -0.398 e. The van der Waals surface area contributed by atoms with Crippen molar-refractivity contribution in [1.82, 2.24) is 0 Å². The maximum Gasteiger partial charge on any atom is 0.135 e. The van der Waals surface area contributed by atoms with Gasteiger partial charge in [0.15, 0.2) is 0 Å². The molecule has 2 rings (SSSR count). The quantitative estimate of drug-likeness (QED) is 0.765. The maximum atomic E-state index is 13.8. The molecule has 5 heteroatoms. The average Bonchev–Trinajstić information content (AvgIpc) is 2.24. The SMILES string of the molecule is Cc1c(N)cc(F)c(-c2cc(F)cc(F)c2)c1N. The van der Waals surface area contributed by atoms with Crippen LogP contribution >= 0.6 is 0 Å². The van der Waals surface area contributed by atoms with Crippen molar-refractivity contribution in [1.29, 1.82) is 0 Å². The van der Waals surface area contributed by atoms with Crippen molar-refractivity contribution in [3.63, 3.8) is 0 Å². The van der Waals surface area contributed by atoms with E-state index in [4.69, 9.17) is 11.5 Å². The summed E-state index contributed by atoms with van der Waals surface area (Å²) in [6.45, 7) is 1.61. The molecule has 0 spiro atoms. The molecule has 0 bridgehead atoms. The Balaban J connectivity index is 2.75. The van der Waals surface area contributed by atoms with E-state index in [1.165, 1.54) is 0 Å². The van der Waals surface area contributed by atoms with Gasteiger partial charge in [0, 0.05) is 23.0 Å². The summed E-state index contributed by atoms with van der Waals surface area (Å²) in [7, 11) is 0. The van der Waals surface area contributed by atoms with Crippen LogP contribution in [0.1, 0.15) is 5.56 Å². The normalized spacial score (nSPS) is 10.7. The van der Waals surface area contributed by atoms with E-state index in [1.54, 1.807) is 6.92 Å². The molecule has 94 valence electrons. The molecule has 4 N–H and O–H groups in total. The highest BCUT2D eigenvalue weighted by molar-refractivity contribution is 5.82. The van der Waals surface area contributed by atoms with Crippen LogP contribution in [0.15, 0.2) is 24.3 Å². The van der Waals surface area contributed by atoms with Crippen molar-refractivity contribution in [2.75, 3.05) is 11.5 Å². The molecule has 0 unspecified atom stereocenters. The predicted octanol–water partition coefficient (Wildman–Crippen LogP) is 3.24. The van der Waals surface area contributed by atoms with Crippen LogP contribution in [0.3, 0.4) is 0 Å². The van der Waals surface area contributed by atoms with Crippen LogP contribution in [0.2, 0.25) is 0 Å². The summed E-state index contributed by atoms with van der Waals surface area (Å²) in [5.74, 6) is -2.29. The number of halogens is 3. The van der Waals surface area contributed by atoms with Crippen LogP contribution in [-0.4, -0.2) is 0 Å². The second kappa shape index (κ2) is 4.25. The van der Waals surface area contributed by atoms with E-state index in [0.29, 0.717) is 11.6 Å². The first-order valence-electron chi connectivity index (χ1n) is 5.20. The lowest BCUT2D eigenvalue weighted by Crippen LogP contribution is -2.02. The standard InChI is InChI=1S/C13H11F3N2/c1-6-11(17)5-10(16)12(13(6)18)7-2-8(14)4-9(15)3-7/h2-5H,17-18H2,1H3. The van der Waals surface area contributed by atoms with Crippen molar-refractivity contribution < 1.29 is 13.2 Å². The predicted molar refractivity (Wildman–Crippen MR) is 65.3 cm³/mol. The molecule has 0 heterocycles. The number of benzene rings is 2. The molecule has 0 fully saturated rings. The molecule has 2 aromatic carbocycles. The Hall–Kier alpha value is -2.17. The molecule has 2 aromatic rings. The fraction of sp³-hybridized carbons (Fsp3) is 0.0769. The van der Waals surface area contributed by atoms with Gasteiger partial charge in [-0.1, -0.05) is 0 Å². The molecule has 0 radical (unpaired) electrons. The summed E-state index contributed by atoms with van der Waals surface area (Å²) in [6, 6.07) is 3.84. The van der Waals surface area contributed by atoms with Gasteiger partial charge in [-0.2, -0.15) is 0 Å². The molecule has 2 nitrogen and oxygen atoms in total. The molecule has 0 amide bonds. The second-order valence-corrected chi connectivity index (χ2v) is 4.02. The molecule has 0 saturated carbocycles. The van der Waals surface area contributed by atoms with Crippen LogP contribution in [-0.2, 0) is 0 Å². The van der Waals surface area contributed by atoms with E-state index in [1.807, 2.05) is 0 Å². The highest BCUT2D eigenvalue weighted by Crippen LogP contribution is 2.34. The number of rotatable bonds is 1. The molecule has 0 aliphatic heterocycles. The zero-order valence-electron chi connectivity index (χ0n) is 9.60. The minimum absolute atomic E-state index is 0.0416. The Morgan fingerprint density at radius 3 is 2.00 bits per heavy atom. The summed E-state index contributed by atoms with van der Waals surface area (Å²) >= 11 is 0. The number of hydrogen-bond acceptors (Lipinski definition) is 2. The third-order valence-electron chi connectivity index (χ3n) is 2.78. The zero-order valence-corrected chi connectivity index (χ0v) is 9.60. The highest BCUT2D eigenvalue weighted by atomic mass is 19.1. The third-order valence-corrected chi connectivity index (χ3v) is 2.78. The average molecular weight is 252 g/mol. The summed E-state index contributed by atoms with van der Waals surface area (Å²) in [5, 5.41) is 0. The first-order valence-corrected chi connectivity index (χ1v) is 5.20. The van der Waals surface area contributed by atoms with Crippen molar-refractivity contribution in [3.05, 3.63) is 47.3 Å². The van der Waals surface area contributed by atoms with Crippen LogP contribution in [0.5, 0.6) is 0 Å². The van der Waals surface area contributed by atoms with Gasteiger partial charge in [-0.05, 0) is 36.2 Å². The minimum atomic E-state index is -0.793. The lowest BCUT2D eigenvalue weighted by molar-refractivity contribution is 0.583. The van der Waals surface area contributed by atoms with Gasteiger partial charge in [-0.25, -0.2) is 13.2 Å². The van der Waals surface area contributed by atoms with Crippen molar-refractivity contribution >= 4 is 11.4 Å². The van der Waals surface area contributed by atoms with Gasteiger partial charge in [0.1, 0.15) is 17.5 Å². The Kier molecular flexibility index (Phi) is 2.90. The van der Waals surface area contributed by atoms with Crippen LogP contribution < -0.4 is 11.5 Å². The zero-order chi connectivity index (χ0) is 13.4. The van der Waals surface area contributed by atoms with Gasteiger partial charge >= 0.3 is 0 Å². The van der Waals surface area contributed by atoms with Crippen LogP contribution in [0, 0.1) is 24.4 Å². The van der Waals surface area contributed by atoms with E-state index in [0.717, 1.165) is 18.2 Å². The van der Waals surface area contributed by atoms with E-state index in [-0.39, 0.29) is 22.5 Å². The summed E-state index contributed by atoms with van der Waals surface area (Å²) in [4.78, 5) is 0. The molecule has 0 aromatic heterocycles. The number of nitrogen functional groups attached to an aromatic ring is 2. The number of nitrogens with two attached hydrogens (primary N) is 2. The van der Waals surface area contributed by atoms with E-state index in [9.17, 15) is 13.2 Å². The van der Waals surface area contributed by atoms with E-state index in [2.05, 4.69) is 0 Å². The largest absolute Gasteiger partial charge is 0.398 e. The number of anilines is 2. The lowest BCUT2D eigenvalue weighted by Gasteiger charge is -2.12. The fourth-order valence-corrected chi connectivity index (χ4v) is 1.78. The van der Waals surface area contributed by atoms with E-state index < -0.39 is 17.5 Å². The first kappa shape index (κ1) is 12.3. The van der Waals surface area contributed by atoms with Gasteiger partial charge in [0.2, 0.25) is 0 Å². The Morgan fingerprint density at radius 2 is 1.44 bits per heavy atom. The molecule has 0 atom stereocenters. The third kappa shape index (κ3) is 1.99. The van der Waals surface area contributed by atoms with Crippen molar-refractivity contribution in [2.24, 2.45) is 0 Å². The summed E-state index contributed by atoms with van der Waals surface area (Å²) < 4.78 is 40.1. The first-order chi connectivity index (χ1) is 8.40. The van der Waals surface area contributed by atoms with Crippen LogP contribution in [0.25, 0.3) is 11.1 Å². The molecule has 0 saturated heterocycles. The highest BCUT2D eigenvalue weighted by Gasteiger charge is 2.15. The maximum absolute atomic E-state index is 13.8. The van der Waals surface area contributed by atoms with Gasteiger partial charge < -0.3 is 11.5 Å². The van der Waals surface area contributed by atoms with Gasteiger partial charge in [-0.3, -0.25) is 0 Å². The topological polar surface area (TPSA) is 52.0 Å². The Morgan fingerprint density at radius 1 is 0.889 bits per heavy atom. The summed E-state index contributed by atoms with van der Waals surface area (Å²) in [5.41, 5.74) is 12.1. The summed E-state index contributed by atoms with van der Waals surface area (Å²) in [6.07, 6.45) is 0. The molecular formula is C13H11F3N2. The fourth-order valence-electron chi connectivity index (χ4n) is 1.78. The second-order valence-electron chi connectivity index (χ2n) is 4.02. The van der Waals surface area contributed by atoms with Crippen molar-refractivity contribution in [3.8, 4) is 11.1 Å². The van der Waals surface area contributed by atoms with Gasteiger partial charge in [0.25, 0.3) is 0 Å². The smallest absolute Gasteiger partial charge is 0.135 e. The molecule has 0 aliphatic rings. The van der Waals surface area contributed by atoms with Gasteiger partial charge in [0.05, 0.1) is 0 Å². The lowest BCUT2D eigenvalue weighted by atomic mass is 9.98. The van der Waals surface area contributed by atoms with Crippen molar-refractivity contribution in [2.45, 2.75) is 6.92 Å². The monoisotopic (exact) mass is 252 g/mol. The molecule has 18 heavy (non-hydrogen) atoms. The van der Waals surface area contributed by atoms with Gasteiger partial charge in [-0.15, -0.1) is 0 Å². The van der Waals surface area contributed by atoms with Crippen LogP contribution in [0.4, 0.5) is 24.5 Å². The molecular weight excluding hydrogens is 241 g/mol. The van der Waals surface area contributed by atoms with E-state index >= 15 is 0 Å². The number of hydrogen-bond donors (Lipinski definition) is 2. The Bertz CT molecular complexity index is 604.